The van der Waals surface area contributed by atoms with E-state index in [1.165, 1.54) is 25.1 Å². The fraction of sp³-hybridized carbons (Fsp3) is 0.231. The molecule has 170 valence electrons. The summed E-state index contributed by atoms with van der Waals surface area (Å²) < 4.78 is 33.5. The largest absolute Gasteiger partial charge is 0.488 e. The third kappa shape index (κ3) is 5.19. The topological polar surface area (TPSA) is 49.9 Å². The Morgan fingerprint density at radius 1 is 0.909 bits per heavy atom. The molecule has 1 saturated heterocycles. The molecule has 0 bridgehead atoms. The molecule has 3 aromatic rings. The molecule has 1 heterocycles. The molecule has 0 N–H and O–H groups in total. The maximum absolute atomic E-state index is 14.5. The van der Waals surface area contributed by atoms with E-state index in [-0.39, 0.29) is 24.1 Å². The molecule has 1 fully saturated rings. The lowest BCUT2D eigenvalue weighted by Crippen LogP contribution is -2.49. The lowest BCUT2D eigenvalue weighted by molar-refractivity contribution is 0.0741. The van der Waals surface area contributed by atoms with Gasteiger partial charge in [0.25, 0.3) is 5.91 Å². The summed E-state index contributed by atoms with van der Waals surface area (Å²) in [6.07, 6.45) is 0. The Morgan fingerprint density at radius 3 is 2.27 bits per heavy atom. The molecule has 3 aromatic carbocycles. The van der Waals surface area contributed by atoms with Crippen LogP contribution in [-0.4, -0.2) is 42.8 Å². The molecule has 0 atom stereocenters. The van der Waals surface area contributed by atoms with E-state index in [1.54, 1.807) is 53.4 Å². The number of Topliss-reactive ketones (excluding diaryl/α,β-unsaturated/α-hetero) is 1. The van der Waals surface area contributed by atoms with Crippen molar-refractivity contribution in [2.24, 2.45) is 0 Å². The first kappa shape index (κ1) is 22.5. The number of nitrogens with zero attached hydrogens (tertiary/aromatic N) is 2. The Hall–Kier alpha value is -3.74. The first-order valence-electron chi connectivity index (χ1n) is 10.7. The van der Waals surface area contributed by atoms with Crippen molar-refractivity contribution in [3.8, 4) is 5.75 Å². The van der Waals surface area contributed by atoms with Crippen LogP contribution in [0.4, 0.5) is 14.5 Å². The second-order valence-corrected chi connectivity index (χ2v) is 7.91. The van der Waals surface area contributed by atoms with E-state index in [4.69, 9.17) is 4.74 Å². The van der Waals surface area contributed by atoms with Gasteiger partial charge in [-0.1, -0.05) is 24.3 Å². The summed E-state index contributed by atoms with van der Waals surface area (Å²) in [6, 6.07) is 17.5. The molecule has 7 heteroatoms. The van der Waals surface area contributed by atoms with Crippen molar-refractivity contribution in [2.45, 2.75) is 13.5 Å². The Balaban J connectivity index is 1.41. The highest BCUT2D eigenvalue weighted by Crippen LogP contribution is 2.25. The third-order valence-corrected chi connectivity index (χ3v) is 5.69. The number of rotatable bonds is 6. The number of amides is 1. The van der Waals surface area contributed by atoms with Crippen LogP contribution in [-0.2, 0) is 6.61 Å². The fourth-order valence-electron chi connectivity index (χ4n) is 3.81. The highest BCUT2D eigenvalue weighted by Gasteiger charge is 2.25. The van der Waals surface area contributed by atoms with E-state index in [9.17, 15) is 18.4 Å². The molecule has 0 saturated carbocycles. The van der Waals surface area contributed by atoms with Crippen LogP contribution in [0.15, 0.2) is 66.7 Å². The van der Waals surface area contributed by atoms with Crippen LogP contribution in [0.2, 0.25) is 0 Å². The summed E-state index contributed by atoms with van der Waals surface area (Å²) >= 11 is 0. The number of hydrogen-bond donors (Lipinski definition) is 0. The van der Waals surface area contributed by atoms with Crippen molar-refractivity contribution in [1.82, 2.24) is 4.90 Å². The average molecular weight is 450 g/mol. The molecule has 0 unspecified atom stereocenters. The van der Waals surface area contributed by atoms with Gasteiger partial charge in [0.2, 0.25) is 0 Å². The maximum Gasteiger partial charge on any atom is 0.257 e. The van der Waals surface area contributed by atoms with Crippen molar-refractivity contribution < 1.29 is 23.1 Å². The van der Waals surface area contributed by atoms with E-state index < -0.39 is 5.82 Å². The summed E-state index contributed by atoms with van der Waals surface area (Å²) in [5.41, 5.74) is 2.01. The normalized spacial score (nSPS) is 13.7. The second-order valence-electron chi connectivity index (χ2n) is 7.91. The molecular formula is C26H24F2N2O3. The molecular weight excluding hydrogens is 426 g/mol. The smallest absolute Gasteiger partial charge is 0.257 e. The number of benzene rings is 3. The van der Waals surface area contributed by atoms with E-state index in [0.29, 0.717) is 48.7 Å². The van der Waals surface area contributed by atoms with E-state index in [2.05, 4.69) is 0 Å². The number of ketones is 1. The predicted molar refractivity (Wildman–Crippen MR) is 122 cm³/mol. The molecule has 4 rings (SSSR count). The minimum Gasteiger partial charge on any atom is -0.488 e. The molecule has 1 amide bonds. The predicted octanol–water partition coefficient (Wildman–Crippen LogP) is 4.71. The summed E-state index contributed by atoms with van der Waals surface area (Å²) in [6.45, 7) is 3.42. The van der Waals surface area contributed by atoms with Crippen LogP contribution < -0.4 is 9.64 Å². The Bertz CT molecular complexity index is 1160. The second kappa shape index (κ2) is 9.81. The van der Waals surface area contributed by atoms with Gasteiger partial charge in [-0.05, 0) is 55.0 Å². The zero-order valence-corrected chi connectivity index (χ0v) is 18.3. The Labute approximate surface area is 191 Å². The van der Waals surface area contributed by atoms with Gasteiger partial charge in [-0.15, -0.1) is 0 Å². The number of carbonyl (C=O) groups is 2. The number of hydrogen-bond acceptors (Lipinski definition) is 4. The van der Waals surface area contributed by atoms with Gasteiger partial charge < -0.3 is 14.5 Å². The van der Waals surface area contributed by atoms with Crippen molar-refractivity contribution in [2.75, 3.05) is 31.1 Å². The molecule has 33 heavy (non-hydrogen) atoms. The summed E-state index contributed by atoms with van der Waals surface area (Å²) in [4.78, 5) is 28.2. The van der Waals surface area contributed by atoms with E-state index >= 15 is 0 Å². The van der Waals surface area contributed by atoms with Crippen molar-refractivity contribution >= 4 is 17.4 Å². The number of para-hydroxylation sites is 1. The fourth-order valence-corrected chi connectivity index (χ4v) is 3.81. The number of piperazine rings is 1. The van der Waals surface area contributed by atoms with Crippen LogP contribution in [0.5, 0.6) is 5.75 Å². The van der Waals surface area contributed by atoms with Gasteiger partial charge in [-0.2, -0.15) is 0 Å². The Kier molecular flexibility index (Phi) is 6.68. The summed E-state index contributed by atoms with van der Waals surface area (Å²) in [5.74, 6) is -0.641. The van der Waals surface area contributed by atoms with E-state index in [0.717, 1.165) is 5.56 Å². The van der Waals surface area contributed by atoms with Crippen LogP contribution in [0.3, 0.4) is 0 Å². The van der Waals surface area contributed by atoms with E-state index in [1.807, 2.05) is 4.90 Å². The van der Waals surface area contributed by atoms with Gasteiger partial charge in [-0.3, -0.25) is 9.59 Å². The van der Waals surface area contributed by atoms with Gasteiger partial charge in [0.1, 0.15) is 24.0 Å². The lowest BCUT2D eigenvalue weighted by Gasteiger charge is -2.36. The minimum absolute atomic E-state index is 0.156. The van der Waals surface area contributed by atoms with Crippen molar-refractivity contribution in [3.05, 3.63) is 95.1 Å². The summed E-state index contributed by atoms with van der Waals surface area (Å²) in [7, 11) is 0. The van der Waals surface area contributed by atoms with Gasteiger partial charge in [0.15, 0.2) is 5.78 Å². The molecule has 0 aliphatic carbocycles. The SMILES string of the molecule is CC(=O)c1ccc(N2CCN(C(=O)c3ccccc3OCc3ccc(F)cc3)CC2)c(F)c1. The standard InChI is InChI=1S/C26H24F2N2O3/c1-18(31)20-8-11-24(23(28)16-20)29-12-14-30(15-13-29)26(32)22-4-2-3-5-25(22)33-17-19-6-9-21(27)10-7-19/h2-11,16H,12-15,17H2,1H3. The van der Waals surface area contributed by atoms with Crippen LogP contribution in [0.25, 0.3) is 0 Å². The van der Waals surface area contributed by atoms with Gasteiger partial charge in [-0.25, -0.2) is 8.78 Å². The molecule has 0 spiro atoms. The van der Waals surface area contributed by atoms with Crippen LogP contribution in [0, 0.1) is 11.6 Å². The summed E-state index contributed by atoms with van der Waals surface area (Å²) in [5, 5.41) is 0. The van der Waals surface area contributed by atoms with Gasteiger partial charge in [0, 0.05) is 31.7 Å². The number of ether oxygens (including phenoxy) is 1. The van der Waals surface area contributed by atoms with Crippen LogP contribution >= 0.6 is 0 Å². The molecule has 1 aliphatic heterocycles. The Morgan fingerprint density at radius 2 is 1.61 bits per heavy atom. The zero-order chi connectivity index (χ0) is 23.4. The highest BCUT2D eigenvalue weighted by atomic mass is 19.1. The monoisotopic (exact) mass is 450 g/mol. The zero-order valence-electron chi connectivity index (χ0n) is 18.3. The number of halogens is 2. The highest BCUT2D eigenvalue weighted by molar-refractivity contribution is 5.97. The number of anilines is 1. The lowest BCUT2D eigenvalue weighted by atomic mass is 10.1. The minimum atomic E-state index is -0.443. The van der Waals surface area contributed by atoms with Crippen molar-refractivity contribution in [3.63, 3.8) is 0 Å². The number of carbonyl (C=O) groups excluding carboxylic acids is 2. The van der Waals surface area contributed by atoms with Gasteiger partial charge in [0.05, 0.1) is 11.3 Å². The first-order valence-corrected chi connectivity index (χ1v) is 10.7. The van der Waals surface area contributed by atoms with Gasteiger partial charge >= 0.3 is 0 Å². The molecule has 5 nitrogen and oxygen atoms in total. The molecule has 1 aliphatic rings. The quantitative estimate of drug-likeness (QED) is 0.511. The van der Waals surface area contributed by atoms with Crippen LogP contribution in [0.1, 0.15) is 33.2 Å². The first-order chi connectivity index (χ1) is 15.9. The maximum atomic E-state index is 14.5. The third-order valence-electron chi connectivity index (χ3n) is 5.69. The molecule has 0 radical (unpaired) electrons. The van der Waals surface area contributed by atoms with Crippen molar-refractivity contribution in [1.29, 1.82) is 0 Å². The molecule has 0 aromatic heterocycles. The average Bonchev–Trinajstić information content (AvgIpc) is 2.83.